The molecule has 0 fully saturated rings. The third-order valence-corrected chi connectivity index (χ3v) is 6.28. The number of esters is 1. The van der Waals surface area contributed by atoms with Gasteiger partial charge in [0.1, 0.15) is 35.8 Å². The van der Waals surface area contributed by atoms with Gasteiger partial charge in [0.05, 0.1) is 37.5 Å². The fourth-order valence-corrected chi connectivity index (χ4v) is 4.43. The normalized spacial score (nSPS) is 10.1. The molecule has 0 bridgehead atoms. The highest BCUT2D eigenvalue weighted by atomic mass is 32.2. The molecule has 9 nitrogen and oxygen atoms in total. The summed E-state index contributed by atoms with van der Waals surface area (Å²) in [5.74, 6) is 0.703. The minimum absolute atomic E-state index is 0.125. The van der Waals surface area contributed by atoms with Crippen LogP contribution in [0.4, 0.5) is 11.5 Å². The van der Waals surface area contributed by atoms with Crippen molar-refractivity contribution in [3.05, 3.63) is 76.6 Å². The van der Waals surface area contributed by atoms with Crippen molar-refractivity contribution in [2.24, 2.45) is 0 Å². The van der Waals surface area contributed by atoms with Crippen molar-refractivity contribution in [3.63, 3.8) is 0 Å². The molecule has 0 unspecified atom stereocenters. The molecule has 3 aromatic rings. The second-order valence-corrected chi connectivity index (χ2v) is 8.66. The van der Waals surface area contributed by atoms with Gasteiger partial charge in [-0.15, -0.1) is 11.8 Å². The molecule has 1 heterocycles. The Morgan fingerprint density at radius 1 is 1.22 bits per heavy atom. The molecule has 0 aliphatic rings. The van der Waals surface area contributed by atoms with Crippen LogP contribution in [-0.2, 0) is 15.3 Å². The zero-order chi connectivity index (χ0) is 26.8. The molecule has 37 heavy (non-hydrogen) atoms. The summed E-state index contributed by atoms with van der Waals surface area (Å²) in [4.78, 5) is 21.8. The number of pyridine rings is 1. The summed E-state index contributed by atoms with van der Waals surface area (Å²) in [7, 11) is 2.90. The van der Waals surface area contributed by atoms with Gasteiger partial charge in [-0.1, -0.05) is 24.3 Å². The number of ether oxygens (including phenoxy) is 2. The number of nitriles is 2. The number of aromatic nitrogens is 1. The molecule has 0 saturated heterocycles. The third-order valence-electron chi connectivity index (χ3n) is 5.23. The fourth-order valence-electron chi connectivity index (χ4n) is 3.50. The predicted molar refractivity (Wildman–Crippen MR) is 139 cm³/mol. The Morgan fingerprint density at radius 2 is 1.97 bits per heavy atom. The maximum atomic E-state index is 12.0. The Bertz CT molecular complexity index is 1400. The number of methoxy groups -OCH3 is 1. The van der Waals surface area contributed by atoms with E-state index in [9.17, 15) is 15.3 Å². The summed E-state index contributed by atoms with van der Waals surface area (Å²) >= 11 is 1.30. The summed E-state index contributed by atoms with van der Waals surface area (Å²) in [5.41, 5.74) is 2.75. The largest absolute Gasteiger partial charge is 0.491 e. The number of rotatable bonds is 10. The van der Waals surface area contributed by atoms with E-state index in [1.54, 1.807) is 49.5 Å². The number of nitrogens with zero attached hydrogens (tertiary/aromatic N) is 5. The lowest BCUT2D eigenvalue weighted by Crippen LogP contribution is -2.27. The van der Waals surface area contributed by atoms with E-state index in [0.29, 0.717) is 33.2 Å². The average molecular weight is 514 g/mol. The van der Waals surface area contributed by atoms with Gasteiger partial charge in [-0.3, -0.25) is 4.79 Å². The number of aliphatic hydroxyl groups is 1. The fraction of sp³-hybridized carbons (Fsp3) is 0.222. The van der Waals surface area contributed by atoms with Crippen LogP contribution in [-0.4, -0.2) is 50.0 Å². The number of hydrogen-bond acceptors (Lipinski definition) is 9. The number of carbonyl (C=O) groups is 1. The van der Waals surface area contributed by atoms with Crippen molar-refractivity contribution in [1.82, 2.24) is 4.98 Å². The molecule has 0 radical (unpaired) electrons. The smallest absolute Gasteiger partial charge is 0.325 e. The quantitative estimate of drug-likeness (QED) is 0.240. The number of likely N-dealkylation sites (N-methyl/N-ethyl adjacent to an activating group) is 1. The van der Waals surface area contributed by atoms with Crippen LogP contribution in [0.2, 0.25) is 0 Å². The molecule has 10 heteroatoms. The van der Waals surface area contributed by atoms with Gasteiger partial charge in [-0.25, -0.2) is 9.83 Å². The van der Waals surface area contributed by atoms with E-state index >= 15 is 0 Å². The van der Waals surface area contributed by atoms with Crippen LogP contribution in [0.1, 0.15) is 16.7 Å². The maximum Gasteiger partial charge on any atom is 0.325 e. The zero-order valence-electron chi connectivity index (χ0n) is 20.3. The molecule has 0 aliphatic heterocycles. The van der Waals surface area contributed by atoms with Gasteiger partial charge >= 0.3 is 5.97 Å². The number of anilines is 1. The predicted octanol–water partition coefficient (Wildman–Crippen LogP) is 4.32. The van der Waals surface area contributed by atoms with Crippen LogP contribution < -0.4 is 9.64 Å². The first-order valence-corrected chi connectivity index (χ1v) is 12.0. The van der Waals surface area contributed by atoms with E-state index in [1.165, 1.54) is 23.8 Å². The van der Waals surface area contributed by atoms with Gasteiger partial charge in [0, 0.05) is 18.4 Å². The van der Waals surface area contributed by atoms with Gasteiger partial charge in [0.2, 0.25) is 5.69 Å². The monoisotopic (exact) mass is 513 g/mol. The Labute approximate surface area is 219 Å². The van der Waals surface area contributed by atoms with Crippen LogP contribution in [0.5, 0.6) is 5.75 Å². The standard InChI is InChI=1S/C27H23N5O4S/c1-30-25-24(20-7-9-21(10-8-20)36-12-11-33)22(15-29)27(31-26(25)32(2)16-23(34)35-3)37-17-19-6-4-5-18(13-19)14-28/h4-10,13,33H,11-12,16-17H2,2-3H3. The highest BCUT2D eigenvalue weighted by Gasteiger charge is 2.25. The zero-order valence-corrected chi connectivity index (χ0v) is 21.1. The Balaban J connectivity index is 2.14. The van der Waals surface area contributed by atoms with Crippen LogP contribution in [0.15, 0.2) is 53.6 Å². The maximum absolute atomic E-state index is 12.0. The molecule has 0 spiro atoms. The summed E-state index contributed by atoms with van der Waals surface area (Å²) in [6, 6.07) is 18.3. The second kappa shape index (κ2) is 12.9. The topological polar surface area (TPSA) is 124 Å². The summed E-state index contributed by atoms with van der Waals surface area (Å²) in [6.45, 7) is 7.77. The van der Waals surface area contributed by atoms with E-state index < -0.39 is 5.97 Å². The number of hydrogen-bond donors (Lipinski definition) is 1. The lowest BCUT2D eigenvalue weighted by atomic mass is 9.99. The van der Waals surface area contributed by atoms with Crippen molar-refractivity contribution in [3.8, 4) is 29.0 Å². The third kappa shape index (κ3) is 6.56. The summed E-state index contributed by atoms with van der Waals surface area (Å²) < 4.78 is 10.2. The number of thioether (sulfide) groups is 1. The second-order valence-electron chi connectivity index (χ2n) is 7.69. The van der Waals surface area contributed by atoms with Crippen molar-refractivity contribution in [1.29, 1.82) is 10.5 Å². The minimum Gasteiger partial charge on any atom is -0.491 e. The SMILES string of the molecule is [C-]#[N+]c1c(N(C)CC(=O)OC)nc(SCc2cccc(C#N)c2)c(C#N)c1-c1ccc(OCCO)cc1. The first-order valence-electron chi connectivity index (χ1n) is 11.0. The molecule has 0 saturated carbocycles. The highest BCUT2D eigenvalue weighted by Crippen LogP contribution is 2.44. The number of benzene rings is 2. The van der Waals surface area contributed by atoms with Crippen molar-refractivity contribution >= 4 is 29.2 Å². The molecule has 0 atom stereocenters. The molecule has 3 rings (SSSR count). The minimum atomic E-state index is -0.501. The molecule has 0 aliphatic carbocycles. The lowest BCUT2D eigenvalue weighted by molar-refractivity contribution is -0.138. The van der Waals surface area contributed by atoms with Gasteiger partial charge in [0.25, 0.3) is 0 Å². The Hall–Kier alpha value is -4.56. The van der Waals surface area contributed by atoms with Crippen molar-refractivity contribution < 1.29 is 19.4 Å². The van der Waals surface area contributed by atoms with E-state index in [2.05, 4.69) is 22.0 Å². The molecular formula is C27H23N5O4S. The Morgan fingerprint density at radius 3 is 2.59 bits per heavy atom. The average Bonchev–Trinajstić information content (AvgIpc) is 2.94. The number of carbonyl (C=O) groups excluding carboxylic acids is 1. The van der Waals surface area contributed by atoms with E-state index in [4.69, 9.17) is 21.2 Å². The molecule has 186 valence electrons. The van der Waals surface area contributed by atoms with Crippen LogP contribution in [0.25, 0.3) is 16.0 Å². The first kappa shape index (κ1) is 27.0. The molecule has 2 aromatic carbocycles. The van der Waals surface area contributed by atoms with Crippen LogP contribution in [0.3, 0.4) is 0 Å². The summed E-state index contributed by atoms with van der Waals surface area (Å²) in [6.07, 6.45) is 0. The van der Waals surface area contributed by atoms with Crippen LogP contribution >= 0.6 is 11.8 Å². The lowest BCUT2D eigenvalue weighted by Gasteiger charge is -2.22. The summed E-state index contributed by atoms with van der Waals surface area (Å²) in [5, 5.41) is 28.7. The Kier molecular flexibility index (Phi) is 9.46. The van der Waals surface area contributed by atoms with Crippen LogP contribution in [0, 0.1) is 29.2 Å². The first-order chi connectivity index (χ1) is 17.9. The van der Waals surface area contributed by atoms with E-state index in [1.807, 2.05) is 6.07 Å². The van der Waals surface area contributed by atoms with Crippen molar-refractivity contribution in [2.45, 2.75) is 10.8 Å². The van der Waals surface area contributed by atoms with Gasteiger partial charge in [-0.2, -0.15) is 10.5 Å². The van der Waals surface area contributed by atoms with Gasteiger partial charge in [-0.05, 0) is 35.4 Å². The molecule has 1 N–H and O–H groups in total. The molecule has 1 aromatic heterocycles. The molecular weight excluding hydrogens is 490 g/mol. The number of aliphatic hydroxyl groups excluding tert-OH is 1. The molecule has 0 amide bonds. The highest BCUT2D eigenvalue weighted by molar-refractivity contribution is 7.98. The van der Waals surface area contributed by atoms with E-state index in [0.717, 1.165) is 5.56 Å². The van der Waals surface area contributed by atoms with Gasteiger partial charge in [0.15, 0.2) is 0 Å². The van der Waals surface area contributed by atoms with E-state index in [-0.39, 0.29) is 36.8 Å². The van der Waals surface area contributed by atoms with Crippen molar-refractivity contribution in [2.75, 3.05) is 38.8 Å². The van der Waals surface area contributed by atoms with Gasteiger partial charge < -0.3 is 19.5 Å².